The molecule has 0 amide bonds. The molecule has 0 unspecified atom stereocenters. The third-order valence-corrected chi connectivity index (χ3v) is 2.88. The minimum atomic E-state index is 0.910. The zero-order chi connectivity index (χ0) is 10.9. The molecule has 0 saturated carbocycles. The van der Waals surface area contributed by atoms with Gasteiger partial charge in [-0.3, -0.25) is 4.90 Å². The summed E-state index contributed by atoms with van der Waals surface area (Å²) in [5.74, 6) is 0. The molecule has 0 radical (unpaired) electrons. The van der Waals surface area contributed by atoms with Crippen LogP contribution in [0, 0.1) is 0 Å². The van der Waals surface area contributed by atoms with Gasteiger partial charge in [0.15, 0.2) is 0 Å². The number of hydrogen-bond acceptors (Lipinski definition) is 3. The average molecular weight is 212 g/mol. The van der Waals surface area contributed by atoms with E-state index in [-0.39, 0.29) is 0 Å². The number of hydrogen-bond donors (Lipinski definition) is 1. The second-order valence-corrected chi connectivity index (χ2v) is 4.00. The molecule has 1 heterocycles. The molecule has 0 bridgehead atoms. The zero-order valence-corrected chi connectivity index (χ0v) is 10.1. The van der Waals surface area contributed by atoms with Gasteiger partial charge in [0, 0.05) is 20.1 Å². The van der Waals surface area contributed by atoms with Gasteiger partial charge < -0.3 is 10.1 Å². The Bertz CT molecular complexity index is 186. The predicted octanol–water partition coefficient (Wildman–Crippen LogP) is 1.61. The first-order valence-electron chi connectivity index (χ1n) is 6.02. The fourth-order valence-corrected chi connectivity index (χ4v) is 1.91. The van der Waals surface area contributed by atoms with Crippen LogP contribution in [0.4, 0.5) is 0 Å². The predicted molar refractivity (Wildman–Crippen MR) is 63.9 cm³/mol. The van der Waals surface area contributed by atoms with E-state index in [1.54, 1.807) is 0 Å². The molecule has 88 valence electrons. The lowest BCUT2D eigenvalue weighted by atomic mass is 10.1. The Balaban J connectivity index is 2.11. The Morgan fingerprint density at radius 2 is 2.13 bits per heavy atom. The topological polar surface area (TPSA) is 24.5 Å². The van der Waals surface area contributed by atoms with Crippen LogP contribution in [-0.4, -0.2) is 44.8 Å². The van der Waals surface area contributed by atoms with Crippen molar-refractivity contribution in [2.75, 3.05) is 39.9 Å². The molecule has 0 aliphatic carbocycles. The van der Waals surface area contributed by atoms with Crippen LogP contribution in [0.2, 0.25) is 0 Å². The molecule has 0 spiro atoms. The van der Waals surface area contributed by atoms with Gasteiger partial charge in [-0.25, -0.2) is 0 Å². The van der Waals surface area contributed by atoms with Crippen LogP contribution in [0.25, 0.3) is 0 Å². The summed E-state index contributed by atoms with van der Waals surface area (Å²) in [7, 11) is 1.97. The van der Waals surface area contributed by atoms with Gasteiger partial charge >= 0.3 is 0 Å². The van der Waals surface area contributed by atoms with Gasteiger partial charge in [0.2, 0.25) is 0 Å². The Hall–Kier alpha value is -0.540. The van der Waals surface area contributed by atoms with Crippen molar-refractivity contribution in [2.45, 2.75) is 26.2 Å². The molecular formula is C12H24N2O. The highest BCUT2D eigenvalue weighted by Gasteiger charge is 2.09. The Morgan fingerprint density at radius 1 is 1.40 bits per heavy atom. The van der Waals surface area contributed by atoms with Crippen molar-refractivity contribution < 1.29 is 4.74 Å². The smallest absolute Gasteiger partial charge is 0.0594 e. The SMILES string of the molecule is CC/C(=C/NC)CCCN1CCOCC1. The van der Waals surface area contributed by atoms with Crippen molar-refractivity contribution in [1.29, 1.82) is 0 Å². The molecule has 0 aromatic rings. The molecule has 1 fully saturated rings. The molecular weight excluding hydrogens is 188 g/mol. The second-order valence-electron chi connectivity index (χ2n) is 4.00. The summed E-state index contributed by atoms with van der Waals surface area (Å²) >= 11 is 0. The lowest BCUT2D eigenvalue weighted by Crippen LogP contribution is -2.36. The summed E-state index contributed by atoms with van der Waals surface area (Å²) in [6.07, 6.45) is 5.78. The van der Waals surface area contributed by atoms with Gasteiger partial charge in [-0.05, 0) is 32.0 Å². The lowest BCUT2D eigenvalue weighted by Gasteiger charge is -2.26. The van der Waals surface area contributed by atoms with Gasteiger partial charge in [-0.15, -0.1) is 0 Å². The monoisotopic (exact) mass is 212 g/mol. The van der Waals surface area contributed by atoms with Gasteiger partial charge in [0.25, 0.3) is 0 Å². The van der Waals surface area contributed by atoms with Gasteiger partial charge in [-0.2, -0.15) is 0 Å². The standard InChI is InChI=1S/C12H24N2O/c1-3-12(11-13-2)5-4-6-14-7-9-15-10-8-14/h11,13H,3-10H2,1-2H3/b12-11-. The second kappa shape index (κ2) is 7.71. The van der Waals surface area contributed by atoms with Crippen LogP contribution in [0.15, 0.2) is 11.8 Å². The van der Waals surface area contributed by atoms with Crippen LogP contribution in [-0.2, 0) is 4.74 Å². The summed E-state index contributed by atoms with van der Waals surface area (Å²) in [6.45, 7) is 7.47. The number of allylic oxidation sites excluding steroid dienone is 1. The molecule has 0 aromatic carbocycles. The molecule has 3 heteroatoms. The minimum Gasteiger partial charge on any atom is -0.394 e. The number of morpholine rings is 1. The molecule has 1 N–H and O–H groups in total. The maximum Gasteiger partial charge on any atom is 0.0594 e. The van der Waals surface area contributed by atoms with E-state index in [0.717, 1.165) is 32.7 Å². The summed E-state index contributed by atoms with van der Waals surface area (Å²) in [5.41, 5.74) is 1.52. The Kier molecular flexibility index (Phi) is 6.44. The van der Waals surface area contributed by atoms with Crippen molar-refractivity contribution in [1.82, 2.24) is 10.2 Å². The molecule has 1 rings (SSSR count). The first kappa shape index (κ1) is 12.5. The first-order chi connectivity index (χ1) is 7.36. The lowest BCUT2D eigenvalue weighted by molar-refractivity contribution is 0.0374. The third kappa shape index (κ3) is 5.19. The number of rotatable bonds is 6. The highest BCUT2D eigenvalue weighted by molar-refractivity contribution is 4.99. The average Bonchev–Trinajstić information content (AvgIpc) is 2.29. The zero-order valence-electron chi connectivity index (χ0n) is 10.1. The molecule has 0 aromatic heterocycles. The highest BCUT2D eigenvalue weighted by Crippen LogP contribution is 2.09. The van der Waals surface area contributed by atoms with Crippen molar-refractivity contribution >= 4 is 0 Å². The summed E-state index contributed by atoms with van der Waals surface area (Å²) in [4.78, 5) is 2.50. The van der Waals surface area contributed by atoms with Gasteiger partial charge in [-0.1, -0.05) is 12.5 Å². The Morgan fingerprint density at radius 3 is 2.73 bits per heavy atom. The molecule has 1 aliphatic heterocycles. The maximum atomic E-state index is 5.32. The third-order valence-electron chi connectivity index (χ3n) is 2.88. The van der Waals surface area contributed by atoms with E-state index in [1.165, 1.54) is 25.0 Å². The molecule has 0 atom stereocenters. The Labute approximate surface area is 93.5 Å². The van der Waals surface area contributed by atoms with E-state index in [0.29, 0.717) is 0 Å². The normalized spacial score (nSPS) is 19.2. The van der Waals surface area contributed by atoms with E-state index in [9.17, 15) is 0 Å². The number of ether oxygens (including phenoxy) is 1. The van der Waals surface area contributed by atoms with Crippen molar-refractivity contribution in [3.05, 3.63) is 11.8 Å². The van der Waals surface area contributed by atoms with Crippen LogP contribution in [0.3, 0.4) is 0 Å². The van der Waals surface area contributed by atoms with E-state index < -0.39 is 0 Å². The van der Waals surface area contributed by atoms with Gasteiger partial charge in [0.05, 0.1) is 13.2 Å². The highest BCUT2D eigenvalue weighted by atomic mass is 16.5. The summed E-state index contributed by atoms with van der Waals surface area (Å²) < 4.78 is 5.32. The fourth-order valence-electron chi connectivity index (χ4n) is 1.91. The number of nitrogens with zero attached hydrogens (tertiary/aromatic N) is 1. The molecule has 1 saturated heterocycles. The molecule has 15 heavy (non-hydrogen) atoms. The largest absolute Gasteiger partial charge is 0.394 e. The van der Waals surface area contributed by atoms with E-state index in [2.05, 4.69) is 23.3 Å². The van der Waals surface area contributed by atoms with Crippen LogP contribution in [0.1, 0.15) is 26.2 Å². The van der Waals surface area contributed by atoms with Crippen molar-refractivity contribution in [2.24, 2.45) is 0 Å². The minimum absolute atomic E-state index is 0.910. The van der Waals surface area contributed by atoms with E-state index >= 15 is 0 Å². The van der Waals surface area contributed by atoms with Crippen LogP contribution < -0.4 is 5.32 Å². The molecule has 1 aliphatic rings. The fraction of sp³-hybridized carbons (Fsp3) is 0.833. The number of nitrogens with one attached hydrogen (secondary N) is 1. The quantitative estimate of drug-likeness (QED) is 0.724. The van der Waals surface area contributed by atoms with Crippen LogP contribution >= 0.6 is 0 Å². The van der Waals surface area contributed by atoms with Crippen LogP contribution in [0.5, 0.6) is 0 Å². The van der Waals surface area contributed by atoms with Crippen molar-refractivity contribution in [3.8, 4) is 0 Å². The van der Waals surface area contributed by atoms with E-state index in [1.807, 2.05) is 7.05 Å². The first-order valence-corrected chi connectivity index (χ1v) is 6.02. The molecule has 3 nitrogen and oxygen atoms in total. The van der Waals surface area contributed by atoms with E-state index in [4.69, 9.17) is 4.74 Å². The van der Waals surface area contributed by atoms with Crippen molar-refractivity contribution in [3.63, 3.8) is 0 Å². The summed E-state index contributed by atoms with van der Waals surface area (Å²) in [6, 6.07) is 0. The van der Waals surface area contributed by atoms with Gasteiger partial charge in [0.1, 0.15) is 0 Å². The summed E-state index contributed by atoms with van der Waals surface area (Å²) in [5, 5.41) is 3.11. The maximum absolute atomic E-state index is 5.32.